The first-order chi connectivity index (χ1) is 10.9. The highest BCUT2D eigenvalue weighted by atomic mass is 32.2. The van der Waals surface area contributed by atoms with Gasteiger partial charge in [0.2, 0.25) is 10.0 Å². The summed E-state index contributed by atoms with van der Waals surface area (Å²) in [5, 5.41) is 8.35. The lowest BCUT2D eigenvalue weighted by atomic mass is 10.00. The van der Waals surface area contributed by atoms with Crippen molar-refractivity contribution in [2.75, 3.05) is 13.1 Å². The van der Waals surface area contributed by atoms with Crippen LogP contribution in [0.15, 0.2) is 17.6 Å². The molecule has 0 radical (unpaired) electrons. The van der Waals surface area contributed by atoms with Crippen LogP contribution in [0.1, 0.15) is 24.2 Å². The van der Waals surface area contributed by atoms with Crippen LogP contribution in [0.5, 0.6) is 0 Å². The van der Waals surface area contributed by atoms with E-state index in [-0.39, 0.29) is 5.92 Å². The van der Waals surface area contributed by atoms with Crippen molar-refractivity contribution in [3.63, 3.8) is 0 Å². The zero-order valence-electron chi connectivity index (χ0n) is 13.7. The van der Waals surface area contributed by atoms with Crippen molar-refractivity contribution in [3.8, 4) is 0 Å². The highest BCUT2D eigenvalue weighted by molar-refractivity contribution is 7.89. The van der Waals surface area contributed by atoms with Crippen LogP contribution in [0.2, 0.25) is 0 Å². The summed E-state index contributed by atoms with van der Waals surface area (Å²) in [5.41, 5.74) is 1.24. The Labute approximate surface area is 136 Å². The van der Waals surface area contributed by atoms with E-state index in [4.69, 9.17) is 0 Å². The van der Waals surface area contributed by atoms with Crippen molar-refractivity contribution in [1.82, 2.24) is 28.9 Å². The maximum Gasteiger partial charge on any atom is 0.246 e. The molecule has 0 unspecified atom stereocenters. The lowest BCUT2D eigenvalue weighted by molar-refractivity contribution is 0.239. The van der Waals surface area contributed by atoms with Gasteiger partial charge in [-0.2, -0.15) is 14.5 Å². The molecule has 3 heterocycles. The first-order valence-corrected chi connectivity index (χ1v) is 9.16. The minimum Gasteiger partial charge on any atom is -0.271 e. The summed E-state index contributed by atoms with van der Waals surface area (Å²) in [5.74, 6) is 0.248. The van der Waals surface area contributed by atoms with Gasteiger partial charge >= 0.3 is 0 Å². The van der Waals surface area contributed by atoms with Gasteiger partial charge in [-0.1, -0.05) is 0 Å². The van der Waals surface area contributed by atoms with Crippen LogP contribution in [0, 0.1) is 19.8 Å². The summed E-state index contributed by atoms with van der Waals surface area (Å²) in [6, 6.07) is 0. The molecule has 23 heavy (non-hydrogen) atoms. The van der Waals surface area contributed by atoms with Gasteiger partial charge in [0.25, 0.3) is 0 Å². The first-order valence-electron chi connectivity index (χ1n) is 7.72. The number of hydrogen-bond acceptors (Lipinski definition) is 5. The van der Waals surface area contributed by atoms with Crippen LogP contribution in [0.4, 0.5) is 0 Å². The Balaban J connectivity index is 1.82. The average Bonchev–Trinajstić information content (AvgIpc) is 3.08. The third kappa shape index (κ3) is 3.02. The molecular weight excluding hydrogens is 316 g/mol. The van der Waals surface area contributed by atoms with Gasteiger partial charge in [0.15, 0.2) is 0 Å². The van der Waals surface area contributed by atoms with E-state index >= 15 is 0 Å². The predicted octanol–water partition coefficient (Wildman–Crippen LogP) is 0.729. The standard InChI is InChI=1S/C14H22N6O2S/c1-11-14(12(2)18(3)17-11)23(21,22)20-6-4-5-13(8-20)7-19-10-15-9-16-19/h9-10,13H,4-8H2,1-3H3/t13-/m1/s1. The molecule has 2 aromatic heterocycles. The van der Waals surface area contributed by atoms with Crippen LogP contribution >= 0.6 is 0 Å². The number of sulfonamides is 1. The fourth-order valence-corrected chi connectivity index (χ4v) is 5.20. The molecule has 0 aromatic carbocycles. The van der Waals surface area contributed by atoms with E-state index in [1.165, 1.54) is 6.33 Å². The average molecular weight is 338 g/mol. The topological polar surface area (TPSA) is 85.9 Å². The summed E-state index contributed by atoms with van der Waals surface area (Å²) in [7, 11) is -1.74. The van der Waals surface area contributed by atoms with E-state index < -0.39 is 10.0 Å². The maximum absolute atomic E-state index is 13.0. The molecule has 1 atom stereocenters. The second-order valence-corrected chi connectivity index (χ2v) is 7.99. The first kappa shape index (κ1) is 16.1. The number of piperidine rings is 1. The Morgan fingerprint density at radius 3 is 2.74 bits per heavy atom. The number of nitrogens with zero attached hydrogens (tertiary/aromatic N) is 6. The van der Waals surface area contributed by atoms with Gasteiger partial charge in [0.1, 0.15) is 17.6 Å². The molecule has 3 rings (SSSR count). The number of aromatic nitrogens is 5. The molecule has 0 N–H and O–H groups in total. The zero-order chi connectivity index (χ0) is 16.6. The quantitative estimate of drug-likeness (QED) is 0.820. The molecule has 1 aliphatic rings. The SMILES string of the molecule is Cc1nn(C)c(C)c1S(=O)(=O)N1CCC[C@H](Cn2cncn2)C1. The lowest BCUT2D eigenvalue weighted by Gasteiger charge is -2.31. The van der Waals surface area contributed by atoms with Gasteiger partial charge in [-0.15, -0.1) is 0 Å². The van der Waals surface area contributed by atoms with Crippen LogP contribution in [-0.4, -0.2) is 50.4 Å². The van der Waals surface area contributed by atoms with Gasteiger partial charge in [0.05, 0.1) is 11.4 Å². The van der Waals surface area contributed by atoms with E-state index in [0.29, 0.717) is 35.9 Å². The minimum atomic E-state index is -3.51. The fourth-order valence-electron chi connectivity index (χ4n) is 3.24. The number of aryl methyl sites for hydroxylation is 2. The maximum atomic E-state index is 13.0. The lowest BCUT2D eigenvalue weighted by Crippen LogP contribution is -2.41. The van der Waals surface area contributed by atoms with Crippen LogP contribution in [0.3, 0.4) is 0 Å². The predicted molar refractivity (Wildman–Crippen MR) is 84.2 cm³/mol. The third-order valence-electron chi connectivity index (χ3n) is 4.43. The Morgan fingerprint density at radius 1 is 1.35 bits per heavy atom. The third-order valence-corrected chi connectivity index (χ3v) is 6.55. The summed E-state index contributed by atoms with van der Waals surface area (Å²) in [4.78, 5) is 4.29. The highest BCUT2D eigenvalue weighted by Gasteiger charge is 2.34. The molecule has 1 saturated heterocycles. The summed E-state index contributed by atoms with van der Waals surface area (Å²) in [6.45, 7) is 5.30. The molecule has 0 amide bonds. The van der Waals surface area contributed by atoms with Crippen molar-refractivity contribution in [3.05, 3.63) is 24.0 Å². The van der Waals surface area contributed by atoms with E-state index in [2.05, 4.69) is 15.2 Å². The molecule has 0 spiro atoms. The van der Waals surface area contributed by atoms with E-state index in [1.54, 1.807) is 40.9 Å². The minimum absolute atomic E-state index is 0.248. The second kappa shape index (κ2) is 6.04. The highest BCUT2D eigenvalue weighted by Crippen LogP contribution is 2.27. The van der Waals surface area contributed by atoms with Crippen molar-refractivity contribution >= 4 is 10.0 Å². The van der Waals surface area contributed by atoms with Crippen molar-refractivity contribution in [2.24, 2.45) is 13.0 Å². The largest absolute Gasteiger partial charge is 0.271 e. The Morgan fingerprint density at radius 2 is 2.13 bits per heavy atom. The molecule has 0 bridgehead atoms. The molecule has 0 saturated carbocycles. The molecule has 2 aromatic rings. The smallest absolute Gasteiger partial charge is 0.246 e. The van der Waals surface area contributed by atoms with Crippen molar-refractivity contribution in [2.45, 2.75) is 38.1 Å². The second-order valence-electron chi connectivity index (χ2n) is 6.11. The molecule has 9 heteroatoms. The summed E-state index contributed by atoms with van der Waals surface area (Å²) in [6.07, 6.45) is 5.02. The van der Waals surface area contributed by atoms with Crippen molar-refractivity contribution in [1.29, 1.82) is 0 Å². The number of hydrogen-bond donors (Lipinski definition) is 0. The van der Waals surface area contributed by atoms with Crippen molar-refractivity contribution < 1.29 is 8.42 Å². The van der Waals surface area contributed by atoms with E-state index in [0.717, 1.165) is 12.8 Å². The van der Waals surface area contributed by atoms with Gasteiger partial charge in [-0.25, -0.2) is 13.4 Å². The monoisotopic (exact) mass is 338 g/mol. The molecule has 0 aliphatic carbocycles. The fraction of sp³-hybridized carbons (Fsp3) is 0.643. The van der Waals surface area contributed by atoms with Crippen LogP contribution in [0.25, 0.3) is 0 Å². The summed E-state index contributed by atoms with van der Waals surface area (Å²) < 4.78 is 31.0. The van der Waals surface area contributed by atoms with Gasteiger partial charge < -0.3 is 0 Å². The van der Waals surface area contributed by atoms with Gasteiger partial charge in [-0.3, -0.25) is 9.36 Å². The van der Waals surface area contributed by atoms with E-state index in [9.17, 15) is 8.42 Å². The molecule has 1 fully saturated rings. The summed E-state index contributed by atoms with van der Waals surface area (Å²) >= 11 is 0. The molecular formula is C14H22N6O2S. The molecule has 8 nitrogen and oxygen atoms in total. The van der Waals surface area contributed by atoms with Crippen LogP contribution < -0.4 is 0 Å². The Bertz CT molecular complexity index is 781. The molecule has 126 valence electrons. The Kier molecular flexibility index (Phi) is 4.24. The van der Waals surface area contributed by atoms with Gasteiger partial charge in [-0.05, 0) is 32.6 Å². The van der Waals surface area contributed by atoms with Gasteiger partial charge in [0, 0.05) is 26.7 Å². The number of rotatable bonds is 4. The molecule has 1 aliphatic heterocycles. The van der Waals surface area contributed by atoms with Crippen LogP contribution in [-0.2, 0) is 23.6 Å². The van der Waals surface area contributed by atoms with E-state index in [1.807, 2.05) is 0 Å². The normalized spacial score (nSPS) is 20.0. The Hall–Kier alpha value is -1.74. The zero-order valence-corrected chi connectivity index (χ0v) is 14.5.